The van der Waals surface area contributed by atoms with Crippen LogP contribution in [0.2, 0.25) is 5.15 Å². The molecule has 0 atom stereocenters. The van der Waals surface area contributed by atoms with Crippen LogP contribution in [0, 0.1) is 27.7 Å². The molecule has 0 saturated heterocycles. The van der Waals surface area contributed by atoms with Crippen molar-refractivity contribution in [2.45, 2.75) is 27.7 Å². The molecule has 0 bridgehead atoms. The molecular weight excluding hydrogens is 515 g/mol. The van der Waals surface area contributed by atoms with Crippen molar-refractivity contribution in [1.29, 1.82) is 0 Å². The van der Waals surface area contributed by atoms with Crippen LogP contribution in [0.4, 0.5) is 0 Å². The molecule has 6 rings (SSSR count). The van der Waals surface area contributed by atoms with Crippen LogP contribution in [-0.4, -0.2) is 27.1 Å². The van der Waals surface area contributed by atoms with Crippen molar-refractivity contribution in [3.8, 4) is 11.3 Å². The Bertz CT molecular complexity index is 1710. The highest BCUT2D eigenvalue weighted by molar-refractivity contribution is 6.58. The summed E-state index contributed by atoms with van der Waals surface area (Å²) >= 11 is 5.92. The van der Waals surface area contributed by atoms with Gasteiger partial charge < -0.3 is 10.0 Å². The van der Waals surface area contributed by atoms with Gasteiger partial charge in [-0.2, -0.15) is 0 Å². The largest absolute Gasteiger partial charge is 0.488 e. The smallest absolute Gasteiger partial charge is 0.423 e. The van der Waals surface area contributed by atoms with Crippen LogP contribution in [0.5, 0.6) is 0 Å². The van der Waals surface area contributed by atoms with E-state index in [0.29, 0.717) is 10.6 Å². The maximum atomic E-state index is 8.70. The van der Waals surface area contributed by atoms with Crippen LogP contribution in [0.3, 0.4) is 0 Å². The van der Waals surface area contributed by atoms with Crippen molar-refractivity contribution in [2.75, 3.05) is 0 Å². The Balaban J connectivity index is 0.000000147. The molecule has 0 aliphatic carbocycles. The first-order valence-corrected chi connectivity index (χ1v) is 13.5. The molecule has 6 heteroatoms. The van der Waals surface area contributed by atoms with Gasteiger partial charge in [0, 0.05) is 28.7 Å². The summed E-state index contributed by atoms with van der Waals surface area (Å²) in [5, 5.41) is 22.7. The van der Waals surface area contributed by atoms with Crippen LogP contribution in [0.1, 0.15) is 22.3 Å². The third kappa shape index (κ3) is 7.13. The molecule has 0 radical (unpaired) electrons. The van der Waals surface area contributed by atoms with Gasteiger partial charge in [-0.25, -0.2) is 4.98 Å². The first-order valence-electron chi connectivity index (χ1n) is 13.1. The summed E-state index contributed by atoms with van der Waals surface area (Å²) < 4.78 is 0. The van der Waals surface area contributed by atoms with E-state index in [2.05, 4.69) is 78.4 Å². The summed E-state index contributed by atoms with van der Waals surface area (Å²) in [6, 6.07) is 32.1. The third-order valence-electron chi connectivity index (χ3n) is 6.57. The number of halogens is 1. The topological polar surface area (TPSA) is 66.2 Å². The number of pyridine rings is 2. The van der Waals surface area contributed by atoms with Crippen molar-refractivity contribution >= 4 is 45.7 Å². The Morgan fingerprint density at radius 1 is 0.575 bits per heavy atom. The molecule has 0 fully saturated rings. The summed E-state index contributed by atoms with van der Waals surface area (Å²) in [5.74, 6) is 0. The minimum atomic E-state index is -1.35. The van der Waals surface area contributed by atoms with E-state index in [1.807, 2.05) is 44.3 Å². The normalized spacial score (nSPS) is 10.4. The third-order valence-corrected chi connectivity index (χ3v) is 6.87. The Hall–Kier alpha value is -4.03. The molecular formula is C34H32BClN2O2. The van der Waals surface area contributed by atoms with Gasteiger partial charge in [0.25, 0.3) is 0 Å². The Labute approximate surface area is 241 Å². The first kappa shape index (κ1) is 29.0. The van der Waals surface area contributed by atoms with E-state index in [-0.39, 0.29) is 0 Å². The number of hydrogen-bond donors (Lipinski definition) is 2. The highest BCUT2D eigenvalue weighted by Crippen LogP contribution is 2.28. The summed E-state index contributed by atoms with van der Waals surface area (Å²) in [4.78, 5) is 8.69. The van der Waals surface area contributed by atoms with Crippen LogP contribution >= 0.6 is 11.6 Å². The lowest BCUT2D eigenvalue weighted by Gasteiger charge is -2.08. The van der Waals surface area contributed by atoms with Crippen molar-refractivity contribution in [3.63, 3.8) is 0 Å². The van der Waals surface area contributed by atoms with E-state index in [9.17, 15) is 0 Å². The Morgan fingerprint density at radius 2 is 1.10 bits per heavy atom. The fraction of sp³-hybridized carbons (Fsp3) is 0.118. The second-order valence-corrected chi connectivity index (χ2v) is 10.1. The number of fused-ring (bicyclic) bond motifs is 2. The van der Waals surface area contributed by atoms with Gasteiger partial charge in [0.2, 0.25) is 0 Å². The molecule has 0 unspecified atom stereocenters. The van der Waals surface area contributed by atoms with E-state index in [1.54, 1.807) is 24.4 Å². The standard InChI is InChI=1S/C17H15N.C10H8ClN.C7H9BO2/c1-12-6-5-7-14(10-12)17-16-9-4-3-8-15(16)13(2)11-18-17;1-7-6-12-10(11)9-5-3-2-4-8(7)9;1-6-3-2-4-7(5-6)8(9)10/h3-11H,1-2H3;2-6H,1H3;2-5,9-10H,1H3. The molecule has 0 spiro atoms. The van der Waals surface area contributed by atoms with E-state index in [0.717, 1.165) is 22.2 Å². The molecule has 2 heterocycles. The molecule has 0 aliphatic heterocycles. The number of aromatic nitrogens is 2. The number of benzene rings is 4. The molecule has 4 nitrogen and oxygen atoms in total. The Morgan fingerprint density at radius 3 is 1.65 bits per heavy atom. The Kier molecular flexibility index (Phi) is 9.67. The average Bonchev–Trinajstić information content (AvgIpc) is 2.96. The molecule has 0 aliphatic rings. The lowest BCUT2D eigenvalue weighted by molar-refractivity contribution is 0.425. The molecule has 2 N–H and O–H groups in total. The fourth-order valence-corrected chi connectivity index (χ4v) is 4.70. The van der Waals surface area contributed by atoms with Gasteiger partial charge in [0.15, 0.2) is 0 Å². The quantitative estimate of drug-likeness (QED) is 0.175. The van der Waals surface area contributed by atoms with E-state index >= 15 is 0 Å². The number of hydrogen-bond acceptors (Lipinski definition) is 4. The maximum Gasteiger partial charge on any atom is 0.488 e. The van der Waals surface area contributed by atoms with Crippen molar-refractivity contribution in [2.24, 2.45) is 0 Å². The van der Waals surface area contributed by atoms with Crippen molar-refractivity contribution < 1.29 is 10.0 Å². The lowest BCUT2D eigenvalue weighted by Crippen LogP contribution is -2.29. The van der Waals surface area contributed by atoms with Crippen LogP contribution in [-0.2, 0) is 0 Å². The van der Waals surface area contributed by atoms with Gasteiger partial charge in [-0.1, -0.05) is 114 Å². The zero-order valence-corrected chi connectivity index (χ0v) is 23.9. The SMILES string of the molecule is Cc1cccc(-c2ncc(C)c3ccccc23)c1.Cc1cccc(B(O)O)c1.Cc1cnc(Cl)c2ccccc12. The molecule has 0 saturated carbocycles. The predicted molar refractivity (Wildman–Crippen MR) is 169 cm³/mol. The van der Waals surface area contributed by atoms with Gasteiger partial charge in [0.1, 0.15) is 5.15 Å². The van der Waals surface area contributed by atoms with E-state index in [1.165, 1.54) is 32.8 Å². The highest BCUT2D eigenvalue weighted by Gasteiger charge is 2.09. The molecule has 40 heavy (non-hydrogen) atoms. The van der Waals surface area contributed by atoms with Crippen molar-refractivity contribution in [1.82, 2.24) is 9.97 Å². The summed E-state index contributed by atoms with van der Waals surface area (Å²) in [7, 11) is -1.35. The van der Waals surface area contributed by atoms with Gasteiger partial charge in [-0.05, 0) is 61.1 Å². The lowest BCUT2D eigenvalue weighted by atomic mass is 9.80. The zero-order valence-electron chi connectivity index (χ0n) is 23.1. The van der Waals surface area contributed by atoms with E-state index < -0.39 is 7.12 Å². The van der Waals surface area contributed by atoms with E-state index in [4.69, 9.17) is 21.6 Å². The average molecular weight is 547 g/mol. The monoisotopic (exact) mass is 546 g/mol. The van der Waals surface area contributed by atoms with Gasteiger partial charge in [-0.3, -0.25) is 4.98 Å². The fourth-order valence-electron chi connectivity index (χ4n) is 4.49. The van der Waals surface area contributed by atoms with Gasteiger partial charge in [-0.15, -0.1) is 0 Å². The second kappa shape index (κ2) is 13.4. The van der Waals surface area contributed by atoms with Gasteiger partial charge in [0.05, 0.1) is 5.69 Å². The predicted octanol–water partition coefficient (Wildman–Crippen LogP) is 7.39. The number of aryl methyl sites for hydroxylation is 4. The van der Waals surface area contributed by atoms with Crippen LogP contribution in [0.15, 0.2) is 109 Å². The highest BCUT2D eigenvalue weighted by atomic mass is 35.5. The molecule has 4 aromatic carbocycles. The molecule has 200 valence electrons. The summed E-state index contributed by atoms with van der Waals surface area (Å²) in [6.45, 7) is 8.16. The van der Waals surface area contributed by atoms with Gasteiger partial charge >= 0.3 is 7.12 Å². The maximum absolute atomic E-state index is 8.70. The second-order valence-electron chi connectivity index (χ2n) is 9.77. The number of nitrogens with zero attached hydrogens (tertiary/aromatic N) is 2. The summed E-state index contributed by atoms with van der Waals surface area (Å²) in [6.07, 6.45) is 3.75. The minimum Gasteiger partial charge on any atom is -0.423 e. The molecule has 2 aromatic heterocycles. The molecule has 6 aromatic rings. The molecule has 0 amide bonds. The zero-order chi connectivity index (χ0) is 28.6. The number of rotatable bonds is 2. The first-order chi connectivity index (χ1) is 19.2. The van der Waals surface area contributed by atoms with Crippen molar-refractivity contribution in [3.05, 3.63) is 137 Å². The van der Waals surface area contributed by atoms with Crippen LogP contribution in [0.25, 0.3) is 32.8 Å². The minimum absolute atomic E-state index is 0.542. The van der Waals surface area contributed by atoms with Crippen LogP contribution < -0.4 is 5.46 Å². The summed E-state index contributed by atoms with van der Waals surface area (Å²) in [5.41, 5.74) is 7.48.